The number of hydrogen-bond donors (Lipinski definition) is 2. The van der Waals surface area contributed by atoms with E-state index >= 15 is 0 Å². The lowest BCUT2D eigenvalue weighted by Gasteiger charge is -2.24. The first-order valence-electron chi connectivity index (χ1n) is 7.18. The van der Waals surface area contributed by atoms with Crippen molar-refractivity contribution in [3.63, 3.8) is 0 Å². The van der Waals surface area contributed by atoms with Crippen molar-refractivity contribution in [1.29, 1.82) is 0 Å². The van der Waals surface area contributed by atoms with Crippen LogP contribution in [-0.4, -0.2) is 38.4 Å². The lowest BCUT2D eigenvalue weighted by molar-refractivity contribution is -0.122. The normalized spacial score (nSPS) is 19.1. The minimum absolute atomic E-state index is 0.00854. The van der Waals surface area contributed by atoms with E-state index in [1.165, 1.54) is 19.3 Å². The second-order valence-corrected chi connectivity index (χ2v) is 7.85. The molecular formula is C13H26N2O3S. The van der Waals surface area contributed by atoms with Crippen LogP contribution in [0.5, 0.6) is 0 Å². The van der Waals surface area contributed by atoms with Crippen LogP contribution in [0.15, 0.2) is 0 Å². The van der Waals surface area contributed by atoms with Crippen LogP contribution in [0.4, 0.5) is 0 Å². The van der Waals surface area contributed by atoms with Crippen molar-refractivity contribution in [2.45, 2.75) is 51.5 Å². The molecule has 112 valence electrons. The van der Waals surface area contributed by atoms with Gasteiger partial charge in [0.1, 0.15) is 0 Å². The molecule has 0 aromatic carbocycles. The number of carbonyl (C=O) groups excluding carboxylic acids is 1. The molecule has 1 aliphatic carbocycles. The Balaban J connectivity index is 2.24. The van der Waals surface area contributed by atoms with E-state index in [0.29, 0.717) is 12.3 Å². The highest BCUT2D eigenvalue weighted by Crippen LogP contribution is 2.26. The third kappa shape index (κ3) is 6.38. The molecule has 1 amide bonds. The van der Waals surface area contributed by atoms with Gasteiger partial charge in [0.25, 0.3) is 0 Å². The van der Waals surface area contributed by atoms with Gasteiger partial charge in [-0.15, -0.1) is 0 Å². The first-order valence-corrected chi connectivity index (χ1v) is 9.00. The number of hydrogen-bond acceptors (Lipinski definition) is 4. The highest BCUT2D eigenvalue weighted by atomic mass is 32.2. The van der Waals surface area contributed by atoms with Crippen LogP contribution in [-0.2, 0) is 14.6 Å². The summed E-state index contributed by atoms with van der Waals surface area (Å²) >= 11 is 0. The number of carbonyl (C=O) groups is 1. The van der Waals surface area contributed by atoms with Crippen molar-refractivity contribution in [2.24, 2.45) is 11.7 Å². The Kier molecular flexibility index (Phi) is 6.79. The Hall–Kier alpha value is -0.620. The van der Waals surface area contributed by atoms with Gasteiger partial charge in [0.05, 0.1) is 11.8 Å². The minimum Gasteiger partial charge on any atom is -0.354 e. The zero-order valence-corrected chi connectivity index (χ0v) is 12.5. The van der Waals surface area contributed by atoms with Crippen LogP contribution in [0.3, 0.4) is 0 Å². The highest BCUT2D eigenvalue weighted by molar-refractivity contribution is 7.91. The monoisotopic (exact) mass is 290 g/mol. The molecule has 0 aromatic heterocycles. The van der Waals surface area contributed by atoms with E-state index in [9.17, 15) is 13.2 Å². The largest absolute Gasteiger partial charge is 0.354 e. The number of amides is 1. The molecule has 1 aliphatic rings. The summed E-state index contributed by atoms with van der Waals surface area (Å²) in [7, 11) is -3.02. The SMILES string of the molecule is CCS(=O)(=O)CCNC(=O)C(N)CC1CCCCC1. The average molecular weight is 290 g/mol. The summed E-state index contributed by atoms with van der Waals surface area (Å²) < 4.78 is 22.6. The molecule has 0 spiro atoms. The Morgan fingerprint density at radius 1 is 1.32 bits per heavy atom. The predicted molar refractivity (Wildman–Crippen MR) is 76.5 cm³/mol. The molecule has 6 heteroatoms. The van der Waals surface area contributed by atoms with Gasteiger partial charge in [-0.2, -0.15) is 0 Å². The van der Waals surface area contributed by atoms with Crippen molar-refractivity contribution < 1.29 is 13.2 Å². The van der Waals surface area contributed by atoms with E-state index in [1.54, 1.807) is 6.92 Å². The highest BCUT2D eigenvalue weighted by Gasteiger charge is 2.21. The van der Waals surface area contributed by atoms with E-state index in [1.807, 2.05) is 0 Å². The van der Waals surface area contributed by atoms with Crippen LogP contribution in [0, 0.1) is 5.92 Å². The summed E-state index contributed by atoms with van der Waals surface area (Å²) in [6, 6.07) is -0.507. The van der Waals surface area contributed by atoms with E-state index in [0.717, 1.165) is 12.8 Å². The summed E-state index contributed by atoms with van der Waals surface area (Å²) in [6.07, 6.45) is 6.77. The summed E-state index contributed by atoms with van der Waals surface area (Å²) in [4.78, 5) is 11.8. The lowest BCUT2D eigenvalue weighted by atomic mass is 9.85. The molecule has 0 heterocycles. The van der Waals surface area contributed by atoms with Crippen molar-refractivity contribution in [3.05, 3.63) is 0 Å². The summed E-state index contributed by atoms with van der Waals surface area (Å²) in [5.74, 6) is 0.424. The first kappa shape index (κ1) is 16.4. The molecule has 3 N–H and O–H groups in total. The van der Waals surface area contributed by atoms with Crippen LogP contribution in [0.25, 0.3) is 0 Å². The maximum Gasteiger partial charge on any atom is 0.236 e. The maximum atomic E-state index is 11.8. The number of nitrogens with two attached hydrogens (primary N) is 1. The fourth-order valence-corrected chi connectivity index (χ4v) is 3.20. The van der Waals surface area contributed by atoms with Crippen molar-refractivity contribution in [3.8, 4) is 0 Å². The van der Waals surface area contributed by atoms with Gasteiger partial charge in [-0.05, 0) is 12.3 Å². The zero-order valence-electron chi connectivity index (χ0n) is 11.7. The predicted octanol–water partition coefficient (Wildman–Crippen LogP) is 0.835. The van der Waals surface area contributed by atoms with Crippen molar-refractivity contribution in [1.82, 2.24) is 5.32 Å². The van der Waals surface area contributed by atoms with Gasteiger partial charge in [0.2, 0.25) is 5.91 Å². The van der Waals surface area contributed by atoms with Gasteiger partial charge in [0, 0.05) is 12.3 Å². The smallest absolute Gasteiger partial charge is 0.236 e. The number of nitrogens with one attached hydrogen (secondary N) is 1. The summed E-state index contributed by atoms with van der Waals surface area (Å²) in [5.41, 5.74) is 5.87. The quantitative estimate of drug-likeness (QED) is 0.727. The second-order valence-electron chi connectivity index (χ2n) is 5.37. The Bertz CT molecular complexity index is 375. The third-order valence-electron chi connectivity index (χ3n) is 3.80. The van der Waals surface area contributed by atoms with Gasteiger partial charge < -0.3 is 11.1 Å². The minimum atomic E-state index is -3.02. The topological polar surface area (TPSA) is 89.3 Å². The Morgan fingerprint density at radius 2 is 1.95 bits per heavy atom. The van der Waals surface area contributed by atoms with Gasteiger partial charge in [-0.3, -0.25) is 4.79 Å². The average Bonchev–Trinajstić information content (AvgIpc) is 2.39. The van der Waals surface area contributed by atoms with Crippen LogP contribution >= 0.6 is 0 Å². The van der Waals surface area contributed by atoms with Gasteiger partial charge >= 0.3 is 0 Å². The van der Waals surface area contributed by atoms with Crippen LogP contribution in [0.2, 0.25) is 0 Å². The van der Waals surface area contributed by atoms with Gasteiger partial charge in [-0.25, -0.2) is 8.42 Å². The molecule has 1 rings (SSSR count). The Morgan fingerprint density at radius 3 is 2.53 bits per heavy atom. The molecule has 1 atom stereocenters. The van der Waals surface area contributed by atoms with E-state index in [-0.39, 0.29) is 24.0 Å². The maximum absolute atomic E-state index is 11.8. The molecule has 0 saturated heterocycles. The molecule has 1 saturated carbocycles. The Labute approximate surface area is 116 Å². The van der Waals surface area contributed by atoms with E-state index < -0.39 is 15.9 Å². The van der Waals surface area contributed by atoms with Crippen LogP contribution in [0.1, 0.15) is 45.4 Å². The fourth-order valence-electron chi connectivity index (χ4n) is 2.49. The third-order valence-corrected chi connectivity index (χ3v) is 5.51. The molecule has 19 heavy (non-hydrogen) atoms. The molecular weight excluding hydrogens is 264 g/mol. The second kappa shape index (κ2) is 7.85. The molecule has 0 bridgehead atoms. The molecule has 0 aromatic rings. The van der Waals surface area contributed by atoms with Crippen molar-refractivity contribution >= 4 is 15.7 Å². The summed E-state index contributed by atoms with van der Waals surface area (Å²) in [5, 5.41) is 2.62. The number of rotatable bonds is 7. The molecule has 5 nitrogen and oxygen atoms in total. The molecule has 0 aliphatic heterocycles. The van der Waals surface area contributed by atoms with Gasteiger partial charge in [-0.1, -0.05) is 39.0 Å². The fraction of sp³-hybridized carbons (Fsp3) is 0.923. The number of sulfone groups is 1. The van der Waals surface area contributed by atoms with E-state index in [4.69, 9.17) is 5.73 Å². The standard InChI is InChI=1S/C13H26N2O3S/c1-2-19(17,18)9-8-15-13(16)12(14)10-11-6-4-3-5-7-11/h11-12H,2-10,14H2,1H3,(H,15,16). The molecule has 1 unspecified atom stereocenters. The van der Waals surface area contributed by atoms with Crippen molar-refractivity contribution in [2.75, 3.05) is 18.1 Å². The van der Waals surface area contributed by atoms with E-state index in [2.05, 4.69) is 5.32 Å². The zero-order chi connectivity index (χ0) is 14.3. The van der Waals surface area contributed by atoms with Gasteiger partial charge in [0.15, 0.2) is 9.84 Å². The first-order chi connectivity index (χ1) is 8.94. The molecule has 1 fully saturated rings. The lowest BCUT2D eigenvalue weighted by Crippen LogP contribution is -2.43. The summed E-state index contributed by atoms with van der Waals surface area (Å²) in [6.45, 7) is 1.76. The molecule has 0 radical (unpaired) electrons. The van der Waals surface area contributed by atoms with Crippen LogP contribution < -0.4 is 11.1 Å².